The first-order valence-electron chi connectivity index (χ1n) is 7.15. The molecule has 1 aliphatic rings. The number of hydrogen-bond acceptors (Lipinski definition) is 7. The zero-order chi connectivity index (χ0) is 19.3. The lowest BCUT2D eigenvalue weighted by molar-refractivity contribution is -0.338. The third-order valence-electron chi connectivity index (χ3n) is 4.00. The van der Waals surface area contributed by atoms with Gasteiger partial charge in [-0.1, -0.05) is 5.16 Å². The maximum atomic E-state index is 13.6. The molecule has 2 aromatic rings. The van der Waals surface area contributed by atoms with Crippen molar-refractivity contribution in [2.24, 2.45) is 5.16 Å². The lowest BCUT2D eigenvalue weighted by atomic mass is 9.96. The summed E-state index contributed by atoms with van der Waals surface area (Å²) in [5, 5.41) is 23.9. The molecule has 1 aromatic carbocycles. The molecule has 142 valence electrons. The molecule has 0 fully saturated rings. The summed E-state index contributed by atoms with van der Waals surface area (Å²) in [5.74, 6) is -9.27. The van der Waals surface area contributed by atoms with Gasteiger partial charge < -0.3 is 28.9 Å². The highest BCUT2D eigenvalue weighted by Gasteiger charge is 2.65. The Morgan fingerprint density at radius 3 is 2.50 bits per heavy atom. The predicted molar refractivity (Wildman–Crippen MR) is 79.1 cm³/mol. The predicted octanol–water partition coefficient (Wildman–Crippen LogP) is 2.87. The Balaban J connectivity index is 2.14. The number of halogens is 4. The Kier molecular flexibility index (Phi) is 4.14. The van der Waals surface area contributed by atoms with Crippen LogP contribution in [0.2, 0.25) is 0 Å². The molecule has 0 aliphatic carbocycles. The number of phenolic OH excluding ortho intramolecular Hbond substituents is 1. The number of aliphatic hydroxyl groups is 1. The van der Waals surface area contributed by atoms with E-state index in [9.17, 15) is 27.8 Å². The number of benzene rings is 1. The molecule has 0 spiro atoms. The van der Waals surface area contributed by atoms with Gasteiger partial charge in [-0.05, 0) is 6.07 Å². The normalized spacial score (nSPS) is 20.4. The van der Waals surface area contributed by atoms with E-state index in [2.05, 4.69) is 9.99 Å². The fourth-order valence-electron chi connectivity index (χ4n) is 2.70. The Bertz CT molecular complexity index is 881. The van der Waals surface area contributed by atoms with Crippen molar-refractivity contribution in [2.75, 3.05) is 14.2 Å². The first-order valence-corrected chi connectivity index (χ1v) is 7.15. The standard InChI is InChI=1S/C15H13F4NO6/c1-23-10-6-3-4-25-11(6)12(24-2)9(21)8(10)7-5-14(22,26-20-7)15(18,19)13(16)17/h3-4,13,21-22H,5H2,1-2H3/t14-/m0/s1. The summed E-state index contributed by atoms with van der Waals surface area (Å²) >= 11 is 0. The molecule has 0 saturated heterocycles. The maximum Gasteiger partial charge on any atom is 0.373 e. The number of phenols is 1. The van der Waals surface area contributed by atoms with Gasteiger partial charge in [-0.15, -0.1) is 0 Å². The number of alkyl halides is 4. The maximum absolute atomic E-state index is 13.6. The van der Waals surface area contributed by atoms with Gasteiger partial charge in [0.05, 0.1) is 37.9 Å². The molecule has 0 amide bonds. The highest BCUT2D eigenvalue weighted by molar-refractivity contribution is 6.12. The van der Waals surface area contributed by atoms with E-state index in [-0.39, 0.29) is 22.6 Å². The Morgan fingerprint density at radius 1 is 1.27 bits per heavy atom. The van der Waals surface area contributed by atoms with Crippen molar-refractivity contribution in [1.29, 1.82) is 0 Å². The number of methoxy groups -OCH3 is 2. The number of fused-ring (bicyclic) bond motifs is 1. The minimum Gasteiger partial charge on any atom is -0.504 e. The summed E-state index contributed by atoms with van der Waals surface area (Å²) in [6, 6.07) is 1.45. The fourth-order valence-corrected chi connectivity index (χ4v) is 2.70. The van der Waals surface area contributed by atoms with Gasteiger partial charge in [0.1, 0.15) is 11.5 Å². The van der Waals surface area contributed by atoms with E-state index in [1.807, 2.05) is 0 Å². The third-order valence-corrected chi connectivity index (χ3v) is 4.00. The summed E-state index contributed by atoms with van der Waals surface area (Å²) < 4.78 is 67.9. The van der Waals surface area contributed by atoms with Crippen LogP contribution in [0.15, 0.2) is 21.9 Å². The molecule has 26 heavy (non-hydrogen) atoms. The van der Waals surface area contributed by atoms with Crippen LogP contribution in [0.4, 0.5) is 17.6 Å². The second-order valence-corrected chi connectivity index (χ2v) is 5.47. The SMILES string of the molecule is COc1c(C2=NO[C@](O)(C(F)(F)C(F)F)C2)c(O)c(OC)c2occc12. The number of oxime groups is 1. The molecule has 3 rings (SSSR count). The molecule has 11 heteroatoms. The highest BCUT2D eigenvalue weighted by Crippen LogP contribution is 2.49. The molecule has 1 aliphatic heterocycles. The third kappa shape index (κ3) is 2.34. The van der Waals surface area contributed by atoms with Crippen LogP contribution in [0.1, 0.15) is 12.0 Å². The fraction of sp³-hybridized carbons (Fsp3) is 0.400. The highest BCUT2D eigenvalue weighted by atomic mass is 19.3. The number of furan rings is 1. The van der Waals surface area contributed by atoms with Gasteiger partial charge in [0.15, 0.2) is 11.3 Å². The molecule has 1 atom stereocenters. The van der Waals surface area contributed by atoms with Crippen LogP contribution in [0.3, 0.4) is 0 Å². The van der Waals surface area contributed by atoms with Gasteiger partial charge in [-0.25, -0.2) is 8.78 Å². The number of rotatable bonds is 5. The van der Waals surface area contributed by atoms with Crippen molar-refractivity contribution < 1.29 is 46.5 Å². The monoisotopic (exact) mass is 379 g/mol. The molecule has 0 unspecified atom stereocenters. The summed E-state index contributed by atoms with van der Waals surface area (Å²) in [7, 11) is 2.45. The van der Waals surface area contributed by atoms with Crippen LogP contribution in [-0.4, -0.2) is 48.3 Å². The van der Waals surface area contributed by atoms with Crippen LogP contribution in [0, 0.1) is 0 Å². The van der Waals surface area contributed by atoms with Crippen molar-refractivity contribution in [3.63, 3.8) is 0 Å². The van der Waals surface area contributed by atoms with Crippen LogP contribution in [0.25, 0.3) is 11.0 Å². The first-order chi connectivity index (χ1) is 12.2. The molecule has 7 nitrogen and oxygen atoms in total. The minimum atomic E-state index is -4.90. The first kappa shape index (κ1) is 18.1. The van der Waals surface area contributed by atoms with E-state index in [0.717, 1.165) is 0 Å². The minimum absolute atomic E-state index is 0.0426. The molecular weight excluding hydrogens is 366 g/mol. The molecule has 0 saturated carbocycles. The van der Waals surface area contributed by atoms with Gasteiger partial charge in [-0.2, -0.15) is 8.78 Å². The number of nitrogens with zero attached hydrogens (tertiary/aromatic N) is 1. The van der Waals surface area contributed by atoms with Crippen molar-refractivity contribution in [2.45, 2.75) is 24.6 Å². The second kappa shape index (κ2) is 5.94. The van der Waals surface area contributed by atoms with Crippen molar-refractivity contribution in [1.82, 2.24) is 0 Å². The summed E-state index contributed by atoms with van der Waals surface area (Å²) in [6.07, 6.45) is -4.04. The average molecular weight is 379 g/mol. The van der Waals surface area contributed by atoms with Crippen LogP contribution < -0.4 is 9.47 Å². The molecule has 2 heterocycles. The van der Waals surface area contributed by atoms with Gasteiger partial charge >= 0.3 is 18.1 Å². The van der Waals surface area contributed by atoms with E-state index in [1.165, 1.54) is 26.5 Å². The zero-order valence-corrected chi connectivity index (χ0v) is 13.4. The van der Waals surface area contributed by atoms with E-state index in [0.29, 0.717) is 5.39 Å². The molecule has 0 radical (unpaired) electrons. The van der Waals surface area contributed by atoms with Crippen LogP contribution in [0.5, 0.6) is 17.2 Å². The van der Waals surface area contributed by atoms with Crippen molar-refractivity contribution >= 4 is 16.7 Å². The van der Waals surface area contributed by atoms with Crippen LogP contribution >= 0.6 is 0 Å². The van der Waals surface area contributed by atoms with E-state index >= 15 is 0 Å². The molecule has 0 bridgehead atoms. The Labute approximate surface area is 143 Å². The van der Waals surface area contributed by atoms with Gasteiger partial charge in [0.2, 0.25) is 5.75 Å². The summed E-state index contributed by atoms with van der Waals surface area (Å²) in [6.45, 7) is 0. The molecule has 2 N–H and O–H groups in total. The zero-order valence-electron chi connectivity index (χ0n) is 13.4. The average Bonchev–Trinajstić information content (AvgIpc) is 3.21. The van der Waals surface area contributed by atoms with E-state index in [4.69, 9.17) is 13.9 Å². The summed E-state index contributed by atoms with van der Waals surface area (Å²) in [5.41, 5.74) is -0.568. The molecular formula is C15H13F4NO6. The lowest BCUT2D eigenvalue weighted by Crippen LogP contribution is -2.52. The Hall–Kier alpha value is -2.69. The number of aromatic hydroxyl groups is 1. The Morgan fingerprint density at radius 2 is 1.92 bits per heavy atom. The quantitative estimate of drug-likeness (QED) is 0.776. The second-order valence-electron chi connectivity index (χ2n) is 5.47. The van der Waals surface area contributed by atoms with E-state index < -0.39 is 36.0 Å². The van der Waals surface area contributed by atoms with Gasteiger partial charge in [0.25, 0.3) is 0 Å². The van der Waals surface area contributed by atoms with E-state index in [1.54, 1.807) is 0 Å². The number of ether oxygens (including phenoxy) is 2. The van der Waals surface area contributed by atoms with Crippen molar-refractivity contribution in [3.8, 4) is 17.2 Å². The topological polar surface area (TPSA) is 93.7 Å². The largest absolute Gasteiger partial charge is 0.504 e. The number of hydrogen-bond donors (Lipinski definition) is 2. The lowest BCUT2D eigenvalue weighted by Gasteiger charge is -2.28. The van der Waals surface area contributed by atoms with Crippen LogP contribution in [-0.2, 0) is 4.84 Å². The van der Waals surface area contributed by atoms with Gasteiger partial charge in [0, 0.05) is 0 Å². The molecule has 1 aromatic heterocycles. The summed E-state index contributed by atoms with van der Waals surface area (Å²) in [4.78, 5) is 4.24. The van der Waals surface area contributed by atoms with Crippen molar-refractivity contribution in [3.05, 3.63) is 17.9 Å². The smallest absolute Gasteiger partial charge is 0.373 e. The van der Waals surface area contributed by atoms with Gasteiger partial charge in [-0.3, -0.25) is 0 Å².